The fourth-order valence-electron chi connectivity index (χ4n) is 3.91. The second-order valence-corrected chi connectivity index (χ2v) is 7.61. The van der Waals surface area contributed by atoms with E-state index in [2.05, 4.69) is 50.2 Å². The second-order valence-electron chi connectivity index (χ2n) is 7.22. The number of thiocarbonyl (C=S) groups is 1. The van der Waals surface area contributed by atoms with Gasteiger partial charge in [0.1, 0.15) is 5.75 Å². The molecule has 0 saturated carbocycles. The predicted molar refractivity (Wildman–Crippen MR) is 120 cm³/mol. The van der Waals surface area contributed by atoms with Gasteiger partial charge >= 0.3 is 0 Å². The Kier molecular flexibility index (Phi) is 6.30. The normalized spacial score (nSPS) is 18.5. The van der Waals surface area contributed by atoms with Gasteiger partial charge in [-0.3, -0.25) is 4.98 Å². The molecule has 1 aliphatic rings. The van der Waals surface area contributed by atoms with Crippen molar-refractivity contribution in [3.63, 3.8) is 0 Å². The average molecular weight is 423 g/mol. The van der Waals surface area contributed by atoms with Gasteiger partial charge in [-0.25, -0.2) is 0 Å². The number of pyridine rings is 1. The zero-order chi connectivity index (χ0) is 20.9. The lowest BCUT2D eigenvalue weighted by atomic mass is 10.0. The van der Waals surface area contributed by atoms with E-state index >= 15 is 0 Å². The van der Waals surface area contributed by atoms with Crippen molar-refractivity contribution in [3.8, 4) is 5.75 Å². The number of aromatic nitrogens is 2. The third-order valence-electron chi connectivity index (χ3n) is 5.41. The van der Waals surface area contributed by atoms with Crippen LogP contribution in [0.4, 0.5) is 0 Å². The minimum absolute atomic E-state index is 0.0151. The zero-order valence-electron chi connectivity index (χ0n) is 17.2. The Morgan fingerprint density at radius 2 is 1.90 bits per heavy atom. The van der Waals surface area contributed by atoms with Gasteiger partial charge in [-0.1, -0.05) is 18.2 Å². The van der Waals surface area contributed by atoms with Crippen LogP contribution >= 0.6 is 12.2 Å². The molecule has 2 atom stereocenters. The number of benzene rings is 1. The third-order valence-corrected chi connectivity index (χ3v) is 5.77. The predicted octanol–water partition coefficient (Wildman–Crippen LogP) is 3.71. The summed E-state index contributed by atoms with van der Waals surface area (Å²) in [5, 5.41) is 4.24. The van der Waals surface area contributed by atoms with Gasteiger partial charge in [-0.2, -0.15) is 0 Å². The number of nitrogens with zero attached hydrogens (tertiary/aromatic N) is 3. The van der Waals surface area contributed by atoms with Crippen LogP contribution in [0.5, 0.6) is 5.75 Å². The van der Waals surface area contributed by atoms with E-state index < -0.39 is 0 Å². The molecule has 3 heterocycles. The summed E-state index contributed by atoms with van der Waals surface area (Å²) in [5.74, 6) is 0.845. The van der Waals surface area contributed by atoms with Crippen LogP contribution in [0.25, 0.3) is 0 Å². The molecule has 7 heteroatoms. The van der Waals surface area contributed by atoms with E-state index in [9.17, 15) is 0 Å². The van der Waals surface area contributed by atoms with Crippen molar-refractivity contribution in [1.82, 2.24) is 19.8 Å². The van der Waals surface area contributed by atoms with Gasteiger partial charge in [-0.15, -0.1) is 0 Å². The summed E-state index contributed by atoms with van der Waals surface area (Å²) in [6.45, 7) is 2.13. The van der Waals surface area contributed by atoms with Crippen LogP contribution in [0.1, 0.15) is 29.0 Å². The number of nitrogens with one attached hydrogen (secondary N) is 1. The molecule has 0 aliphatic carbocycles. The van der Waals surface area contributed by atoms with Gasteiger partial charge in [0.25, 0.3) is 0 Å². The van der Waals surface area contributed by atoms with E-state index in [0.29, 0.717) is 13.2 Å². The van der Waals surface area contributed by atoms with Gasteiger partial charge in [0.05, 0.1) is 31.5 Å². The minimum atomic E-state index is -0.0341. The Labute approximate surface area is 182 Å². The molecule has 0 radical (unpaired) electrons. The molecule has 30 heavy (non-hydrogen) atoms. The molecular formula is C23H26N4O2S. The highest BCUT2D eigenvalue weighted by Crippen LogP contribution is 2.39. The number of methoxy groups -OCH3 is 2. The third kappa shape index (κ3) is 4.17. The monoisotopic (exact) mass is 422 g/mol. The summed E-state index contributed by atoms with van der Waals surface area (Å²) in [5.41, 5.74) is 3.33. The number of ether oxygens (including phenoxy) is 2. The van der Waals surface area contributed by atoms with E-state index in [1.165, 1.54) is 11.3 Å². The molecule has 2 aromatic heterocycles. The first-order valence-corrected chi connectivity index (χ1v) is 10.4. The highest BCUT2D eigenvalue weighted by molar-refractivity contribution is 7.80. The molecule has 3 aromatic rings. The topological polar surface area (TPSA) is 51.5 Å². The van der Waals surface area contributed by atoms with E-state index in [4.69, 9.17) is 21.7 Å². The zero-order valence-corrected chi connectivity index (χ0v) is 18.0. The smallest absolute Gasteiger partial charge is 0.170 e. The van der Waals surface area contributed by atoms with Gasteiger partial charge in [0.15, 0.2) is 5.11 Å². The van der Waals surface area contributed by atoms with E-state index in [-0.39, 0.29) is 12.1 Å². The highest BCUT2D eigenvalue weighted by atomic mass is 32.1. The van der Waals surface area contributed by atoms with Crippen molar-refractivity contribution in [3.05, 3.63) is 83.9 Å². The second kappa shape index (κ2) is 9.28. The largest absolute Gasteiger partial charge is 0.497 e. The van der Waals surface area contributed by atoms with Crippen LogP contribution in [0.3, 0.4) is 0 Å². The summed E-state index contributed by atoms with van der Waals surface area (Å²) >= 11 is 5.78. The highest BCUT2D eigenvalue weighted by Gasteiger charge is 2.41. The molecular weight excluding hydrogens is 396 g/mol. The average Bonchev–Trinajstić information content (AvgIpc) is 3.37. The van der Waals surface area contributed by atoms with Crippen LogP contribution in [0.2, 0.25) is 0 Å². The van der Waals surface area contributed by atoms with Crippen molar-refractivity contribution in [1.29, 1.82) is 0 Å². The molecule has 6 nitrogen and oxygen atoms in total. The van der Waals surface area contributed by atoms with Crippen molar-refractivity contribution < 1.29 is 9.47 Å². The summed E-state index contributed by atoms with van der Waals surface area (Å²) < 4.78 is 12.8. The molecule has 1 fully saturated rings. The lowest BCUT2D eigenvalue weighted by Gasteiger charge is -2.29. The summed E-state index contributed by atoms with van der Waals surface area (Å²) in [4.78, 5) is 6.86. The minimum Gasteiger partial charge on any atom is -0.497 e. The van der Waals surface area contributed by atoms with Crippen LogP contribution in [-0.4, -0.2) is 40.4 Å². The van der Waals surface area contributed by atoms with Crippen LogP contribution in [0.15, 0.2) is 67.0 Å². The van der Waals surface area contributed by atoms with Crippen molar-refractivity contribution in [2.24, 2.45) is 0 Å². The van der Waals surface area contributed by atoms with Crippen LogP contribution in [0, 0.1) is 0 Å². The van der Waals surface area contributed by atoms with Crippen molar-refractivity contribution in [2.75, 3.05) is 20.8 Å². The van der Waals surface area contributed by atoms with Gasteiger partial charge < -0.3 is 24.3 Å². The first kappa shape index (κ1) is 20.4. The number of rotatable bonds is 8. The Morgan fingerprint density at radius 3 is 2.60 bits per heavy atom. The number of hydrogen-bond acceptors (Lipinski definition) is 4. The van der Waals surface area contributed by atoms with E-state index in [1.54, 1.807) is 14.2 Å². The number of hydrogen-bond donors (Lipinski definition) is 1. The van der Waals surface area contributed by atoms with Crippen molar-refractivity contribution >= 4 is 17.3 Å². The summed E-state index contributed by atoms with van der Waals surface area (Å²) in [7, 11) is 3.40. The van der Waals surface area contributed by atoms with E-state index in [0.717, 1.165) is 23.1 Å². The summed E-state index contributed by atoms with van der Waals surface area (Å²) in [6, 6.07) is 18.3. The first-order valence-electron chi connectivity index (χ1n) is 9.96. The summed E-state index contributed by atoms with van der Waals surface area (Å²) in [6.07, 6.45) is 3.92. The Morgan fingerprint density at radius 1 is 1.07 bits per heavy atom. The maximum Gasteiger partial charge on any atom is 0.170 e. The molecule has 4 rings (SSSR count). The fraction of sp³-hybridized carbons (Fsp3) is 0.304. The molecule has 0 unspecified atom stereocenters. The Bertz CT molecular complexity index is 974. The maximum absolute atomic E-state index is 5.78. The fourth-order valence-corrected chi connectivity index (χ4v) is 4.22. The van der Waals surface area contributed by atoms with Crippen molar-refractivity contribution in [2.45, 2.75) is 25.2 Å². The molecule has 1 aliphatic heterocycles. The molecule has 0 spiro atoms. The lowest BCUT2D eigenvalue weighted by Crippen LogP contribution is -2.30. The lowest BCUT2D eigenvalue weighted by molar-refractivity contribution is 0.183. The van der Waals surface area contributed by atoms with E-state index in [1.807, 2.05) is 36.5 Å². The standard InChI is InChI=1S/C23H26N4O2S/c1-28-15-14-26-13-5-7-20(26)22-21(19-6-3-4-12-24-19)25-23(30)27(22)16-17-8-10-18(29-2)11-9-17/h3-13,21-22H,14-16H2,1-2H3,(H,25,30)/t21-,22+/m1/s1. The Balaban J connectivity index is 1.69. The Hall–Kier alpha value is -2.90. The molecule has 0 bridgehead atoms. The van der Waals surface area contributed by atoms with Gasteiger partial charge in [-0.05, 0) is 54.2 Å². The van der Waals surface area contributed by atoms with Gasteiger partial charge in [0, 0.05) is 38.3 Å². The molecule has 156 valence electrons. The van der Waals surface area contributed by atoms with Crippen LogP contribution < -0.4 is 10.1 Å². The molecule has 0 amide bonds. The van der Waals surface area contributed by atoms with Crippen LogP contribution in [-0.2, 0) is 17.8 Å². The first-order chi connectivity index (χ1) is 14.7. The molecule has 1 N–H and O–H groups in total. The molecule has 1 aromatic carbocycles. The molecule has 1 saturated heterocycles. The van der Waals surface area contributed by atoms with Gasteiger partial charge in [0.2, 0.25) is 0 Å². The quantitative estimate of drug-likeness (QED) is 0.559. The SMILES string of the molecule is COCCn1cccc1[C@H]1[C@@H](c2ccccn2)NC(=S)N1Cc1ccc(OC)cc1. The maximum atomic E-state index is 5.78.